The second-order valence-electron chi connectivity index (χ2n) is 4.16. The van der Waals surface area contributed by atoms with Crippen molar-refractivity contribution in [1.82, 2.24) is 0 Å². The van der Waals surface area contributed by atoms with E-state index in [-0.39, 0.29) is 0 Å². The van der Waals surface area contributed by atoms with Crippen LogP contribution in [0.25, 0.3) is 0 Å². The minimum atomic E-state index is 0.474. The average Bonchev–Trinajstić information content (AvgIpc) is 2.38. The van der Waals surface area contributed by atoms with E-state index in [9.17, 15) is 0 Å². The zero-order chi connectivity index (χ0) is 13.0. The van der Waals surface area contributed by atoms with Crippen molar-refractivity contribution in [2.75, 3.05) is 0 Å². The van der Waals surface area contributed by atoms with Gasteiger partial charge >= 0.3 is 0 Å². The first kappa shape index (κ1) is 13.4. The summed E-state index contributed by atoms with van der Waals surface area (Å²) < 4.78 is 6.78. The van der Waals surface area contributed by atoms with Gasteiger partial charge in [-0.05, 0) is 36.2 Å². The second kappa shape index (κ2) is 6.26. The van der Waals surface area contributed by atoms with Gasteiger partial charge in [0, 0.05) is 10.4 Å². The van der Waals surface area contributed by atoms with Gasteiger partial charge in [0.15, 0.2) is 0 Å². The summed E-state index contributed by atoms with van der Waals surface area (Å²) in [5.74, 6) is 1.32. The third kappa shape index (κ3) is 3.50. The van der Waals surface area contributed by atoms with Crippen LogP contribution in [0.1, 0.15) is 16.7 Å². The zero-order valence-corrected chi connectivity index (χ0v) is 12.5. The standard InChI is InChI=1S/C15H14BrClO/c1-11-3-2-4-12(7-11)10-18-14-5-6-15(16)13(8-14)9-17/h2-8H,9-10H2,1H3. The Morgan fingerprint density at radius 1 is 1.17 bits per heavy atom. The van der Waals surface area contributed by atoms with Crippen molar-refractivity contribution in [3.63, 3.8) is 0 Å². The maximum absolute atomic E-state index is 5.86. The van der Waals surface area contributed by atoms with E-state index < -0.39 is 0 Å². The first-order valence-electron chi connectivity index (χ1n) is 5.72. The van der Waals surface area contributed by atoms with Crippen LogP contribution in [-0.2, 0) is 12.5 Å². The van der Waals surface area contributed by atoms with E-state index in [1.807, 2.05) is 24.3 Å². The van der Waals surface area contributed by atoms with Crippen LogP contribution >= 0.6 is 27.5 Å². The summed E-state index contributed by atoms with van der Waals surface area (Å²) in [6.45, 7) is 2.65. The molecule has 0 aliphatic rings. The largest absolute Gasteiger partial charge is 0.489 e. The molecule has 0 aliphatic carbocycles. The van der Waals surface area contributed by atoms with E-state index in [4.69, 9.17) is 16.3 Å². The molecule has 0 aromatic heterocycles. The predicted molar refractivity (Wildman–Crippen MR) is 79.2 cm³/mol. The molecule has 2 rings (SSSR count). The van der Waals surface area contributed by atoms with Gasteiger partial charge < -0.3 is 4.74 Å². The Hall–Kier alpha value is -0.990. The first-order chi connectivity index (χ1) is 8.69. The predicted octanol–water partition coefficient (Wildman–Crippen LogP) is 5.08. The lowest BCUT2D eigenvalue weighted by Gasteiger charge is -2.09. The highest BCUT2D eigenvalue weighted by Crippen LogP contribution is 2.24. The van der Waals surface area contributed by atoms with Gasteiger partial charge in [0.05, 0.1) is 0 Å². The topological polar surface area (TPSA) is 9.23 Å². The highest BCUT2D eigenvalue weighted by molar-refractivity contribution is 9.10. The Bertz CT molecular complexity index is 540. The average molecular weight is 326 g/mol. The molecule has 18 heavy (non-hydrogen) atoms. The monoisotopic (exact) mass is 324 g/mol. The molecule has 3 heteroatoms. The van der Waals surface area contributed by atoms with Gasteiger partial charge in [-0.3, -0.25) is 0 Å². The van der Waals surface area contributed by atoms with Crippen molar-refractivity contribution < 1.29 is 4.74 Å². The third-order valence-electron chi connectivity index (χ3n) is 2.65. The molecule has 0 fully saturated rings. The molecular weight excluding hydrogens is 312 g/mol. The minimum Gasteiger partial charge on any atom is -0.489 e. The molecule has 0 bridgehead atoms. The van der Waals surface area contributed by atoms with E-state index >= 15 is 0 Å². The molecular formula is C15H14BrClO. The summed E-state index contributed by atoms with van der Waals surface area (Å²) in [6, 6.07) is 14.2. The molecule has 0 heterocycles. The van der Waals surface area contributed by atoms with Crippen molar-refractivity contribution in [1.29, 1.82) is 0 Å². The van der Waals surface area contributed by atoms with Crippen LogP contribution in [0.2, 0.25) is 0 Å². The van der Waals surface area contributed by atoms with Crippen molar-refractivity contribution in [2.45, 2.75) is 19.4 Å². The van der Waals surface area contributed by atoms with Crippen LogP contribution in [0.4, 0.5) is 0 Å². The Labute approximate surface area is 121 Å². The Balaban J connectivity index is 2.06. The fourth-order valence-electron chi connectivity index (χ4n) is 1.71. The molecule has 2 aromatic carbocycles. The van der Waals surface area contributed by atoms with Crippen molar-refractivity contribution in [3.05, 3.63) is 63.6 Å². The lowest BCUT2D eigenvalue weighted by molar-refractivity contribution is 0.306. The molecule has 94 valence electrons. The summed E-state index contributed by atoms with van der Waals surface area (Å²) in [5.41, 5.74) is 3.46. The zero-order valence-electron chi connectivity index (χ0n) is 10.1. The van der Waals surface area contributed by atoms with Gasteiger partial charge in [-0.1, -0.05) is 45.8 Å². The number of benzene rings is 2. The molecule has 0 aliphatic heterocycles. The fourth-order valence-corrected chi connectivity index (χ4v) is 2.48. The third-order valence-corrected chi connectivity index (χ3v) is 3.71. The van der Waals surface area contributed by atoms with E-state index in [1.54, 1.807) is 0 Å². The molecule has 1 nitrogen and oxygen atoms in total. The molecule has 0 N–H and O–H groups in total. The molecule has 0 atom stereocenters. The van der Waals surface area contributed by atoms with E-state index in [1.165, 1.54) is 11.1 Å². The number of halogens is 2. The quantitative estimate of drug-likeness (QED) is 0.713. The second-order valence-corrected chi connectivity index (χ2v) is 5.29. The van der Waals surface area contributed by atoms with Gasteiger partial charge in [-0.25, -0.2) is 0 Å². The van der Waals surface area contributed by atoms with Gasteiger partial charge in [-0.2, -0.15) is 0 Å². The fraction of sp³-hybridized carbons (Fsp3) is 0.200. The molecule has 0 spiro atoms. The molecule has 0 saturated carbocycles. The minimum absolute atomic E-state index is 0.474. The normalized spacial score (nSPS) is 10.4. The van der Waals surface area contributed by atoms with Gasteiger partial charge in [0.1, 0.15) is 12.4 Å². The maximum atomic E-state index is 5.86. The highest BCUT2D eigenvalue weighted by atomic mass is 79.9. The summed E-state index contributed by atoms with van der Waals surface area (Å²) in [7, 11) is 0. The van der Waals surface area contributed by atoms with Crippen molar-refractivity contribution in [3.8, 4) is 5.75 Å². The number of ether oxygens (including phenoxy) is 1. The lowest BCUT2D eigenvalue weighted by atomic mass is 10.1. The smallest absolute Gasteiger partial charge is 0.120 e. The molecule has 0 radical (unpaired) electrons. The summed E-state index contributed by atoms with van der Waals surface area (Å²) >= 11 is 9.31. The SMILES string of the molecule is Cc1cccc(COc2ccc(Br)c(CCl)c2)c1. The van der Waals surface area contributed by atoms with Crippen LogP contribution in [0.15, 0.2) is 46.9 Å². The molecule has 0 amide bonds. The van der Waals surface area contributed by atoms with Crippen LogP contribution in [0.3, 0.4) is 0 Å². The molecule has 2 aromatic rings. The lowest BCUT2D eigenvalue weighted by Crippen LogP contribution is -1.96. The van der Waals surface area contributed by atoms with Crippen molar-refractivity contribution >= 4 is 27.5 Å². The number of hydrogen-bond acceptors (Lipinski definition) is 1. The van der Waals surface area contributed by atoms with Crippen LogP contribution in [-0.4, -0.2) is 0 Å². The van der Waals surface area contributed by atoms with Crippen molar-refractivity contribution in [2.24, 2.45) is 0 Å². The van der Waals surface area contributed by atoms with Gasteiger partial charge in [0.2, 0.25) is 0 Å². The number of rotatable bonds is 4. The summed E-state index contributed by atoms with van der Waals surface area (Å²) in [4.78, 5) is 0. The number of aryl methyl sites for hydroxylation is 1. The van der Waals surface area contributed by atoms with Crippen LogP contribution in [0.5, 0.6) is 5.75 Å². The number of alkyl halides is 1. The Kier molecular flexibility index (Phi) is 4.67. The Morgan fingerprint density at radius 2 is 2.00 bits per heavy atom. The Morgan fingerprint density at radius 3 is 2.72 bits per heavy atom. The van der Waals surface area contributed by atoms with Gasteiger partial charge in [-0.15, -0.1) is 11.6 Å². The van der Waals surface area contributed by atoms with E-state index in [2.05, 4.69) is 41.1 Å². The number of hydrogen-bond donors (Lipinski definition) is 0. The highest BCUT2D eigenvalue weighted by Gasteiger charge is 2.02. The van der Waals surface area contributed by atoms with Gasteiger partial charge in [0.25, 0.3) is 0 Å². The summed E-state index contributed by atoms with van der Waals surface area (Å²) in [5, 5.41) is 0. The maximum Gasteiger partial charge on any atom is 0.120 e. The van der Waals surface area contributed by atoms with E-state index in [0.29, 0.717) is 12.5 Å². The first-order valence-corrected chi connectivity index (χ1v) is 7.04. The van der Waals surface area contributed by atoms with Crippen LogP contribution < -0.4 is 4.74 Å². The molecule has 0 unspecified atom stereocenters. The van der Waals surface area contributed by atoms with E-state index in [0.717, 1.165) is 15.8 Å². The van der Waals surface area contributed by atoms with Crippen LogP contribution in [0, 0.1) is 6.92 Å². The molecule has 0 saturated heterocycles. The summed E-state index contributed by atoms with van der Waals surface area (Å²) in [6.07, 6.45) is 0.